The van der Waals surface area contributed by atoms with Gasteiger partial charge in [-0.15, -0.1) is 0 Å². The van der Waals surface area contributed by atoms with E-state index < -0.39 is 0 Å². The van der Waals surface area contributed by atoms with E-state index in [1.807, 2.05) is 39.1 Å². The number of rotatable bonds is 7. The maximum absolute atomic E-state index is 9.76. The average Bonchev–Trinajstić information content (AvgIpc) is 2.26. The summed E-state index contributed by atoms with van der Waals surface area (Å²) in [6.07, 6.45) is -0.329. The molecule has 0 aromatic carbocycles. The molecule has 4 heteroatoms. The average molecular weight is 237 g/mol. The zero-order valence-corrected chi connectivity index (χ0v) is 11.0. The molecule has 1 aromatic rings. The van der Waals surface area contributed by atoms with Crippen LogP contribution in [0.5, 0.6) is 0 Å². The molecule has 4 nitrogen and oxygen atoms in total. The van der Waals surface area contributed by atoms with Crippen LogP contribution < -0.4 is 5.32 Å². The Bertz CT molecular complexity index is 330. The molecule has 0 aliphatic heterocycles. The van der Waals surface area contributed by atoms with Crippen molar-refractivity contribution in [1.82, 2.24) is 15.2 Å². The lowest BCUT2D eigenvalue weighted by atomic mass is 10.2. The third-order valence-corrected chi connectivity index (χ3v) is 2.53. The molecule has 0 spiro atoms. The predicted molar refractivity (Wildman–Crippen MR) is 69.9 cm³/mol. The summed E-state index contributed by atoms with van der Waals surface area (Å²) in [6.45, 7) is 6.98. The highest BCUT2D eigenvalue weighted by molar-refractivity contribution is 5.09. The summed E-state index contributed by atoms with van der Waals surface area (Å²) in [5.74, 6) is 0. The van der Waals surface area contributed by atoms with Gasteiger partial charge in [-0.25, -0.2) is 0 Å². The van der Waals surface area contributed by atoms with Crippen molar-refractivity contribution in [1.29, 1.82) is 0 Å². The second-order valence-electron chi connectivity index (χ2n) is 4.43. The van der Waals surface area contributed by atoms with Gasteiger partial charge in [0.1, 0.15) is 0 Å². The van der Waals surface area contributed by atoms with Crippen molar-refractivity contribution in [2.45, 2.75) is 26.5 Å². The van der Waals surface area contributed by atoms with Crippen LogP contribution in [0.4, 0.5) is 0 Å². The second kappa shape index (κ2) is 7.37. The highest BCUT2D eigenvalue weighted by Crippen LogP contribution is 2.02. The van der Waals surface area contributed by atoms with E-state index in [9.17, 15) is 5.11 Å². The van der Waals surface area contributed by atoms with Gasteiger partial charge in [-0.3, -0.25) is 9.88 Å². The van der Waals surface area contributed by atoms with Crippen molar-refractivity contribution in [3.63, 3.8) is 0 Å². The zero-order valence-electron chi connectivity index (χ0n) is 11.0. The number of aryl methyl sites for hydroxylation is 1. The van der Waals surface area contributed by atoms with Crippen LogP contribution in [0.25, 0.3) is 0 Å². The summed E-state index contributed by atoms with van der Waals surface area (Å²) < 4.78 is 0. The van der Waals surface area contributed by atoms with Crippen LogP contribution in [0.1, 0.15) is 18.3 Å². The Morgan fingerprint density at radius 1 is 1.47 bits per heavy atom. The van der Waals surface area contributed by atoms with E-state index in [-0.39, 0.29) is 6.10 Å². The highest BCUT2D eigenvalue weighted by atomic mass is 16.3. The van der Waals surface area contributed by atoms with Crippen molar-refractivity contribution in [3.05, 3.63) is 29.6 Å². The predicted octanol–water partition coefficient (Wildman–Crippen LogP) is 0.792. The summed E-state index contributed by atoms with van der Waals surface area (Å²) in [5.41, 5.74) is 2.08. The Morgan fingerprint density at radius 2 is 2.24 bits per heavy atom. The molecule has 17 heavy (non-hydrogen) atoms. The number of hydrogen-bond donors (Lipinski definition) is 2. The number of nitrogens with one attached hydrogen (secondary N) is 1. The molecule has 1 aromatic heterocycles. The molecule has 1 rings (SSSR count). The van der Waals surface area contributed by atoms with Crippen molar-refractivity contribution >= 4 is 0 Å². The van der Waals surface area contributed by atoms with E-state index in [4.69, 9.17) is 0 Å². The lowest BCUT2D eigenvalue weighted by Crippen LogP contribution is -2.36. The Labute approximate surface area is 104 Å². The first-order valence-corrected chi connectivity index (χ1v) is 6.11. The van der Waals surface area contributed by atoms with Gasteiger partial charge in [-0.2, -0.15) is 0 Å². The van der Waals surface area contributed by atoms with Gasteiger partial charge < -0.3 is 10.4 Å². The first kappa shape index (κ1) is 14.1. The SMILES string of the molecule is CCNCC(O)CN(C)Cc1cccc(C)n1. The largest absolute Gasteiger partial charge is 0.390 e. The van der Waals surface area contributed by atoms with Crippen molar-refractivity contribution in [2.24, 2.45) is 0 Å². The summed E-state index contributed by atoms with van der Waals surface area (Å²) in [5, 5.41) is 12.9. The topological polar surface area (TPSA) is 48.4 Å². The zero-order chi connectivity index (χ0) is 12.7. The Balaban J connectivity index is 2.36. The Morgan fingerprint density at radius 3 is 2.88 bits per heavy atom. The molecule has 0 aliphatic rings. The summed E-state index contributed by atoms with van der Waals surface area (Å²) >= 11 is 0. The van der Waals surface area contributed by atoms with Crippen LogP contribution in [0.3, 0.4) is 0 Å². The quantitative estimate of drug-likeness (QED) is 0.736. The molecule has 2 N–H and O–H groups in total. The van der Waals surface area contributed by atoms with Crippen LogP contribution in [-0.4, -0.2) is 47.8 Å². The van der Waals surface area contributed by atoms with E-state index in [1.165, 1.54) is 0 Å². The molecular weight excluding hydrogens is 214 g/mol. The normalized spacial score (nSPS) is 13.0. The molecule has 1 atom stereocenters. The van der Waals surface area contributed by atoms with Gasteiger partial charge in [0.25, 0.3) is 0 Å². The molecule has 1 unspecified atom stereocenters. The number of aliphatic hydroxyl groups is 1. The third-order valence-electron chi connectivity index (χ3n) is 2.53. The monoisotopic (exact) mass is 237 g/mol. The number of aromatic nitrogens is 1. The standard InChI is InChI=1S/C13H23N3O/c1-4-14-8-13(17)10-16(3)9-12-7-5-6-11(2)15-12/h5-7,13-14,17H,4,8-10H2,1-3H3. The number of nitrogens with zero attached hydrogens (tertiary/aromatic N) is 2. The van der Waals surface area contributed by atoms with Crippen molar-refractivity contribution in [3.8, 4) is 0 Å². The Hall–Kier alpha value is -0.970. The maximum Gasteiger partial charge on any atom is 0.0791 e. The van der Waals surface area contributed by atoms with E-state index in [0.717, 1.165) is 24.5 Å². The minimum absolute atomic E-state index is 0.329. The van der Waals surface area contributed by atoms with Crippen LogP contribution in [0.15, 0.2) is 18.2 Å². The minimum atomic E-state index is -0.329. The molecule has 1 heterocycles. The molecule has 0 radical (unpaired) electrons. The smallest absolute Gasteiger partial charge is 0.0791 e. The van der Waals surface area contributed by atoms with Crippen LogP contribution in [0, 0.1) is 6.92 Å². The molecule has 0 bridgehead atoms. The fourth-order valence-electron chi connectivity index (χ4n) is 1.76. The van der Waals surface area contributed by atoms with Crippen LogP contribution >= 0.6 is 0 Å². The van der Waals surface area contributed by atoms with E-state index in [2.05, 4.69) is 15.2 Å². The summed E-state index contributed by atoms with van der Waals surface area (Å²) in [7, 11) is 2.00. The molecule has 0 saturated carbocycles. The molecular formula is C13H23N3O. The fourth-order valence-corrected chi connectivity index (χ4v) is 1.76. The lowest BCUT2D eigenvalue weighted by molar-refractivity contribution is 0.121. The van der Waals surface area contributed by atoms with Crippen molar-refractivity contribution < 1.29 is 5.11 Å². The molecule has 0 fully saturated rings. The van der Waals surface area contributed by atoms with Gasteiger partial charge >= 0.3 is 0 Å². The van der Waals surface area contributed by atoms with Gasteiger partial charge in [0, 0.05) is 25.3 Å². The van der Waals surface area contributed by atoms with E-state index >= 15 is 0 Å². The fraction of sp³-hybridized carbons (Fsp3) is 0.615. The third kappa shape index (κ3) is 5.77. The number of likely N-dealkylation sites (N-methyl/N-ethyl adjacent to an activating group) is 2. The number of pyridine rings is 1. The van der Waals surface area contributed by atoms with E-state index in [0.29, 0.717) is 13.1 Å². The highest BCUT2D eigenvalue weighted by Gasteiger charge is 2.08. The first-order chi connectivity index (χ1) is 8.11. The molecule has 0 saturated heterocycles. The summed E-state index contributed by atoms with van der Waals surface area (Å²) in [6, 6.07) is 6.02. The summed E-state index contributed by atoms with van der Waals surface area (Å²) in [4.78, 5) is 6.53. The van der Waals surface area contributed by atoms with E-state index in [1.54, 1.807) is 0 Å². The van der Waals surface area contributed by atoms with Crippen LogP contribution in [0.2, 0.25) is 0 Å². The van der Waals surface area contributed by atoms with Gasteiger partial charge in [-0.05, 0) is 32.6 Å². The molecule has 96 valence electrons. The van der Waals surface area contributed by atoms with Gasteiger partial charge in [0.15, 0.2) is 0 Å². The molecule has 0 amide bonds. The van der Waals surface area contributed by atoms with Crippen molar-refractivity contribution in [2.75, 3.05) is 26.7 Å². The maximum atomic E-state index is 9.76. The second-order valence-corrected chi connectivity index (χ2v) is 4.43. The van der Waals surface area contributed by atoms with Gasteiger partial charge in [-0.1, -0.05) is 13.0 Å². The van der Waals surface area contributed by atoms with Crippen LogP contribution in [-0.2, 0) is 6.54 Å². The lowest BCUT2D eigenvalue weighted by Gasteiger charge is -2.20. The molecule has 0 aliphatic carbocycles. The van der Waals surface area contributed by atoms with Gasteiger partial charge in [0.2, 0.25) is 0 Å². The number of hydrogen-bond acceptors (Lipinski definition) is 4. The first-order valence-electron chi connectivity index (χ1n) is 6.11. The number of aliphatic hydroxyl groups excluding tert-OH is 1. The Kier molecular flexibility index (Phi) is 6.11. The van der Waals surface area contributed by atoms with Gasteiger partial charge in [0.05, 0.1) is 11.8 Å². The minimum Gasteiger partial charge on any atom is -0.390 e.